The van der Waals surface area contributed by atoms with Crippen molar-refractivity contribution in [2.45, 2.75) is 6.92 Å². The smallest absolute Gasteiger partial charge is 0.357 e. The van der Waals surface area contributed by atoms with E-state index in [2.05, 4.69) is 4.98 Å². The normalized spacial score (nSPS) is 10.4. The lowest BCUT2D eigenvalue weighted by Crippen LogP contribution is -2.13. The Morgan fingerprint density at radius 2 is 2.17 bits per heavy atom. The summed E-state index contributed by atoms with van der Waals surface area (Å²) in [4.78, 5) is 29.2. The minimum absolute atomic E-state index is 0.0488. The number of ketones is 1. The van der Waals surface area contributed by atoms with Crippen LogP contribution < -0.4 is 0 Å². The number of carbonyl (C=O) groups excluding carboxylic acids is 2. The van der Waals surface area contributed by atoms with Gasteiger partial charge in [0.1, 0.15) is 0 Å². The molecule has 0 amide bonds. The molecule has 0 fully saturated rings. The highest BCUT2D eigenvalue weighted by Gasteiger charge is 2.17. The van der Waals surface area contributed by atoms with Crippen LogP contribution in [0.1, 0.15) is 27.8 Å². The van der Waals surface area contributed by atoms with E-state index in [1.807, 2.05) is 0 Å². The molecule has 5 nitrogen and oxygen atoms in total. The number of carbonyl (C=O) groups is 2. The lowest BCUT2D eigenvalue weighted by molar-refractivity contribution is 0.0516. The van der Waals surface area contributed by atoms with Crippen LogP contribution in [0.15, 0.2) is 30.6 Å². The first kappa shape index (κ1) is 13.9. The van der Waals surface area contributed by atoms with Crippen LogP contribution in [0.3, 0.4) is 0 Å². The van der Waals surface area contributed by atoms with Gasteiger partial charge in [0.15, 0.2) is 11.5 Å². The van der Waals surface area contributed by atoms with E-state index < -0.39 is 5.97 Å². The zero-order valence-corrected chi connectivity index (χ0v) is 10.7. The minimum Gasteiger partial charge on any atom is -0.461 e. The van der Waals surface area contributed by atoms with Gasteiger partial charge >= 0.3 is 5.97 Å². The van der Waals surface area contributed by atoms with Crippen molar-refractivity contribution < 1.29 is 14.3 Å². The predicted molar refractivity (Wildman–Crippen MR) is 67.4 cm³/mol. The summed E-state index contributed by atoms with van der Waals surface area (Å²) in [6.45, 7) is 1.95. The van der Waals surface area contributed by atoms with E-state index in [4.69, 9.17) is 4.74 Å². The first-order valence-electron chi connectivity index (χ1n) is 5.57. The molecular weight excluding hydrogens is 232 g/mol. The Bertz CT molecular complexity index is 467. The summed E-state index contributed by atoms with van der Waals surface area (Å²) in [5, 5.41) is 0. The number of pyridine rings is 1. The molecule has 1 rings (SSSR count). The van der Waals surface area contributed by atoms with E-state index in [9.17, 15) is 9.59 Å². The largest absolute Gasteiger partial charge is 0.461 e. The van der Waals surface area contributed by atoms with Crippen molar-refractivity contribution in [1.82, 2.24) is 9.88 Å². The van der Waals surface area contributed by atoms with Crippen LogP contribution in [-0.4, -0.2) is 42.3 Å². The van der Waals surface area contributed by atoms with E-state index in [0.29, 0.717) is 0 Å². The summed E-state index contributed by atoms with van der Waals surface area (Å²) < 4.78 is 4.86. The highest BCUT2D eigenvalue weighted by atomic mass is 16.5. The van der Waals surface area contributed by atoms with Gasteiger partial charge in [-0.25, -0.2) is 9.78 Å². The second-order valence-corrected chi connectivity index (χ2v) is 3.76. The average Bonchev–Trinajstić information content (AvgIpc) is 2.36. The second kappa shape index (κ2) is 6.54. The Labute approximate surface area is 106 Å². The zero-order valence-electron chi connectivity index (χ0n) is 10.7. The first-order valence-corrected chi connectivity index (χ1v) is 5.57. The fourth-order valence-corrected chi connectivity index (χ4v) is 1.27. The average molecular weight is 248 g/mol. The van der Waals surface area contributed by atoms with Crippen molar-refractivity contribution in [3.8, 4) is 0 Å². The van der Waals surface area contributed by atoms with Crippen LogP contribution >= 0.6 is 0 Å². The third kappa shape index (κ3) is 3.69. The van der Waals surface area contributed by atoms with Crippen LogP contribution in [0.5, 0.6) is 0 Å². The summed E-state index contributed by atoms with van der Waals surface area (Å²) in [6, 6.07) is 3.17. The van der Waals surface area contributed by atoms with E-state index in [0.717, 1.165) is 0 Å². The molecule has 0 atom stereocenters. The van der Waals surface area contributed by atoms with Crippen LogP contribution in [0.25, 0.3) is 0 Å². The van der Waals surface area contributed by atoms with Crippen molar-refractivity contribution >= 4 is 11.8 Å². The Balaban J connectivity index is 3.02. The summed E-state index contributed by atoms with van der Waals surface area (Å²) in [6.07, 6.45) is 4.46. The molecular formula is C13H16N2O3. The maximum Gasteiger partial charge on any atom is 0.357 e. The molecule has 96 valence electrons. The molecule has 5 heteroatoms. The number of ether oxygens (including phenoxy) is 1. The molecule has 0 aromatic carbocycles. The van der Waals surface area contributed by atoms with Gasteiger partial charge in [0.2, 0.25) is 0 Å². The molecule has 0 aliphatic carbocycles. The molecule has 0 unspecified atom stereocenters. The summed E-state index contributed by atoms with van der Waals surface area (Å²) in [7, 11) is 3.61. The van der Waals surface area contributed by atoms with Crippen LogP contribution in [0, 0.1) is 0 Å². The lowest BCUT2D eigenvalue weighted by Gasteiger charge is -2.06. The van der Waals surface area contributed by atoms with E-state index in [1.54, 1.807) is 44.3 Å². The fraction of sp³-hybridized carbons (Fsp3) is 0.308. The Morgan fingerprint density at radius 1 is 1.44 bits per heavy atom. The van der Waals surface area contributed by atoms with Gasteiger partial charge in [-0.2, -0.15) is 0 Å². The number of hydrogen-bond acceptors (Lipinski definition) is 5. The molecule has 0 N–H and O–H groups in total. The quantitative estimate of drug-likeness (QED) is 0.449. The molecule has 18 heavy (non-hydrogen) atoms. The minimum atomic E-state index is -0.584. The Hall–Kier alpha value is -2.17. The number of aromatic nitrogens is 1. The number of rotatable bonds is 5. The summed E-state index contributed by atoms with van der Waals surface area (Å²) in [5.41, 5.74) is 0.293. The fourth-order valence-electron chi connectivity index (χ4n) is 1.27. The maximum atomic E-state index is 11.9. The molecule has 0 saturated carbocycles. The summed E-state index contributed by atoms with van der Waals surface area (Å²) >= 11 is 0. The van der Waals surface area contributed by atoms with Gasteiger partial charge in [0, 0.05) is 32.6 Å². The third-order valence-corrected chi connectivity index (χ3v) is 2.07. The first-order chi connectivity index (χ1) is 8.56. The van der Waals surface area contributed by atoms with Gasteiger partial charge in [-0.05, 0) is 19.1 Å². The highest BCUT2D eigenvalue weighted by Crippen LogP contribution is 2.09. The van der Waals surface area contributed by atoms with E-state index in [1.165, 1.54) is 12.3 Å². The van der Waals surface area contributed by atoms with Crippen molar-refractivity contribution in [2.75, 3.05) is 20.7 Å². The zero-order chi connectivity index (χ0) is 13.5. The van der Waals surface area contributed by atoms with Gasteiger partial charge in [0.05, 0.1) is 12.2 Å². The number of hydrogen-bond donors (Lipinski definition) is 0. The summed E-state index contributed by atoms with van der Waals surface area (Å²) in [5.74, 6) is -0.862. The molecule has 0 radical (unpaired) electrons. The SMILES string of the molecule is CCOC(=O)c1ncccc1C(=O)C=CN(C)C. The van der Waals surface area contributed by atoms with Gasteiger partial charge in [-0.1, -0.05) is 0 Å². The molecule has 0 bridgehead atoms. The van der Waals surface area contributed by atoms with Crippen molar-refractivity contribution in [2.24, 2.45) is 0 Å². The Morgan fingerprint density at radius 3 is 2.78 bits per heavy atom. The lowest BCUT2D eigenvalue weighted by atomic mass is 10.1. The van der Waals surface area contributed by atoms with Gasteiger partial charge in [-0.15, -0.1) is 0 Å². The molecule has 0 aliphatic heterocycles. The molecule has 1 aromatic rings. The van der Waals surface area contributed by atoms with E-state index >= 15 is 0 Å². The number of allylic oxidation sites excluding steroid dienone is 1. The number of esters is 1. The molecule has 0 aliphatic rings. The Kier molecular flexibility index (Phi) is 5.05. The van der Waals surface area contributed by atoms with Crippen LogP contribution in [0.2, 0.25) is 0 Å². The van der Waals surface area contributed by atoms with Crippen molar-refractivity contribution in [3.05, 3.63) is 41.9 Å². The molecule has 1 heterocycles. The van der Waals surface area contributed by atoms with Gasteiger partial charge in [0.25, 0.3) is 0 Å². The van der Waals surface area contributed by atoms with Crippen molar-refractivity contribution in [1.29, 1.82) is 0 Å². The number of nitrogens with zero attached hydrogens (tertiary/aromatic N) is 2. The van der Waals surface area contributed by atoms with Gasteiger partial charge < -0.3 is 9.64 Å². The topological polar surface area (TPSA) is 59.5 Å². The third-order valence-electron chi connectivity index (χ3n) is 2.07. The standard InChI is InChI=1S/C13H16N2O3/c1-4-18-13(17)12-10(6-5-8-14-12)11(16)7-9-15(2)3/h5-9H,4H2,1-3H3. The maximum absolute atomic E-state index is 11.9. The van der Waals surface area contributed by atoms with Gasteiger partial charge in [-0.3, -0.25) is 4.79 Å². The second-order valence-electron chi connectivity index (χ2n) is 3.76. The molecule has 0 saturated heterocycles. The molecule has 1 aromatic heterocycles. The van der Waals surface area contributed by atoms with E-state index in [-0.39, 0.29) is 23.6 Å². The highest BCUT2D eigenvalue weighted by molar-refractivity contribution is 6.10. The monoisotopic (exact) mass is 248 g/mol. The van der Waals surface area contributed by atoms with Crippen LogP contribution in [-0.2, 0) is 4.74 Å². The van der Waals surface area contributed by atoms with Crippen molar-refractivity contribution in [3.63, 3.8) is 0 Å². The van der Waals surface area contributed by atoms with Crippen LogP contribution in [0.4, 0.5) is 0 Å². The molecule has 0 spiro atoms. The predicted octanol–water partition coefficient (Wildman–Crippen LogP) is 1.52.